The second-order valence-corrected chi connectivity index (χ2v) is 3.10. The van der Waals surface area contributed by atoms with Crippen molar-refractivity contribution >= 4 is 11.8 Å². The maximum absolute atomic E-state index is 11.0. The Morgan fingerprint density at radius 1 is 1.25 bits per heavy atom. The fraction of sp³-hybridized carbons (Fsp3) is 0.364. The van der Waals surface area contributed by atoms with E-state index in [-0.39, 0.29) is 0 Å². The highest BCUT2D eigenvalue weighted by molar-refractivity contribution is 5.86. The van der Waals surface area contributed by atoms with Crippen molar-refractivity contribution in [3.05, 3.63) is 18.2 Å². The Morgan fingerprint density at radius 2 is 1.75 bits per heavy atom. The summed E-state index contributed by atoms with van der Waals surface area (Å²) in [5, 5.41) is 9.00. The lowest BCUT2D eigenvalue weighted by atomic mass is 10.2. The van der Waals surface area contributed by atoms with Gasteiger partial charge in [-0.05, 0) is 6.92 Å². The van der Waals surface area contributed by atoms with Crippen LogP contribution in [0.1, 0.15) is 6.92 Å². The van der Waals surface area contributed by atoms with Crippen LogP contribution in [0.25, 0.3) is 0 Å². The van der Waals surface area contributed by atoms with Crippen molar-refractivity contribution in [1.29, 1.82) is 0 Å². The van der Waals surface area contributed by atoms with E-state index in [1.807, 2.05) is 0 Å². The summed E-state index contributed by atoms with van der Waals surface area (Å²) in [7, 11) is 3.05. The molecular weight excluding hydrogens is 210 g/mol. The molecule has 0 aromatic heterocycles. The summed E-state index contributed by atoms with van der Waals surface area (Å²) < 4.78 is 10.1. The molecule has 1 aromatic carbocycles. The average molecular weight is 225 g/mol. The third-order valence-corrected chi connectivity index (χ3v) is 2.20. The Bertz CT molecular complexity index is 356. The minimum absolute atomic E-state index is 0.367. The molecule has 0 heterocycles. The summed E-state index contributed by atoms with van der Waals surface area (Å²) in [5.41, 5.74) is 0.534. The maximum Gasteiger partial charge on any atom is 0.411 e. The molecule has 5 heteroatoms. The molecule has 0 aliphatic rings. The van der Waals surface area contributed by atoms with Crippen LogP contribution in [0.5, 0.6) is 11.5 Å². The Labute approximate surface area is 94.2 Å². The predicted molar refractivity (Wildman–Crippen MR) is 60.6 cm³/mol. The van der Waals surface area contributed by atoms with Gasteiger partial charge < -0.3 is 14.6 Å². The highest BCUT2D eigenvalue weighted by Crippen LogP contribution is 2.28. The molecule has 1 N–H and O–H groups in total. The number of carbonyl (C=O) groups is 1. The summed E-state index contributed by atoms with van der Waals surface area (Å²) >= 11 is 0. The first-order valence-electron chi connectivity index (χ1n) is 4.86. The molecule has 0 aliphatic carbocycles. The quantitative estimate of drug-likeness (QED) is 0.853. The molecule has 0 atom stereocenters. The van der Waals surface area contributed by atoms with E-state index in [1.165, 1.54) is 19.1 Å². The molecule has 0 bridgehead atoms. The number of anilines is 1. The van der Waals surface area contributed by atoms with Crippen LogP contribution in [0, 0.1) is 0 Å². The Balaban J connectivity index is 3.15. The number of rotatable bonds is 4. The molecule has 88 valence electrons. The number of methoxy groups -OCH3 is 2. The third kappa shape index (κ3) is 2.56. The number of hydrogen-bond acceptors (Lipinski definition) is 3. The van der Waals surface area contributed by atoms with Gasteiger partial charge in [-0.1, -0.05) is 0 Å². The molecular formula is C11H15NO4. The highest BCUT2D eigenvalue weighted by Gasteiger charge is 2.14. The van der Waals surface area contributed by atoms with Crippen LogP contribution in [0.4, 0.5) is 10.5 Å². The number of hydrogen-bond donors (Lipinski definition) is 1. The van der Waals surface area contributed by atoms with Gasteiger partial charge in [0, 0.05) is 24.7 Å². The summed E-state index contributed by atoms with van der Waals surface area (Å²) in [5.74, 6) is 1.13. The Morgan fingerprint density at radius 3 is 2.06 bits per heavy atom. The summed E-state index contributed by atoms with van der Waals surface area (Å²) in [6, 6.07) is 5.00. The van der Waals surface area contributed by atoms with E-state index in [0.29, 0.717) is 23.7 Å². The van der Waals surface area contributed by atoms with Crippen molar-refractivity contribution in [2.75, 3.05) is 25.7 Å². The van der Waals surface area contributed by atoms with Crippen molar-refractivity contribution < 1.29 is 19.4 Å². The van der Waals surface area contributed by atoms with E-state index in [9.17, 15) is 4.79 Å². The van der Waals surface area contributed by atoms with Gasteiger partial charge in [-0.25, -0.2) is 4.79 Å². The van der Waals surface area contributed by atoms with Gasteiger partial charge in [-0.15, -0.1) is 0 Å². The van der Waals surface area contributed by atoms with Gasteiger partial charge in [-0.2, -0.15) is 0 Å². The topological polar surface area (TPSA) is 59.0 Å². The van der Waals surface area contributed by atoms with E-state index in [0.717, 1.165) is 0 Å². The van der Waals surface area contributed by atoms with E-state index in [1.54, 1.807) is 25.1 Å². The van der Waals surface area contributed by atoms with Gasteiger partial charge in [0.05, 0.1) is 19.9 Å². The molecule has 0 radical (unpaired) electrons. The second kappa shape index (κ2) is 5.25. The number of carboxylic acid groups (broad SMARTS) is 1. The molecule has 0 saturated carbocycles. The Kier molecular flexibility index (Phi) is 3.99. The van der Waals surface area contributed by atoms with Crippen molar-refractivity contribution in [2.24, 2.45) is 0 Å². The highest BCUT2D eigenvalue weighted by atomic mass is 16.5. The summed E-state index contributed by atoms with van der Waals surface area (Å²) in [4.78, 5) is 12.2. The van der Waals surface area contributed by atoms with Gasteiger partial charge >= 0.3 is 6.09 Å². The largest absolute Gasteiger partial charge is 0.497 e. The molecule has 0 fully saturated rings. The molecule has 5 nitrogen and oxygen atoms in total. The van der Waals surface area contributed by atoms with E-state index >= 15 is 0 Å². The van der Waals surface area contributed by atoms with Crippen LogP contribution >= 0.6 is 0 Å². The number of benzene rings is 1. The minimum atomic E-state index is -1.00. The van der Waals surface area contributed by atoms with Gasteiger partial charge in [0.15, 0.2) is 0 Å². The van der Waals surface area contributed by atoms with Crippen LogP contribution in [-0.4, -0.2) is 32.0 Å². The van der Waals surface area contributed by atoms with Gasteiger partial charge in [0.25, 0.3) is 0 Å². The molecule has 1 rings (SSSR count). The van der Waals surface area contributed by atoms with Gasteiger partial charge in [-0.3, -0.25) is 4.90 Å². The predicted octanol–water partition coefficient (Wildman–Crippen LogP) is 2.21. The first-order chi connectivity index (χ1) is 7.62. The second-order valence-electron chi connectivity index (χ2n) is 3.10. The monoisotopic (exact) mass is 225 g/mol. The SMILES string of the molecule is CCN(C(=O)O)c1cc(OC)cc(OC)c1. The zero-order valence-electron chi connectivity index (χ0n) is 9.56. The van der Waals surface area contributed by atoms with Crippen LogP contribution < -0.4 is 14.4 Å². The summed E-state index contributed by atoms with van der Waals surface area (Å²) in [6.45, 7) is 2.13. The lowest BCUT2D eigenvalue weighted by Crippen LogP contribution is -2.28. The first kappa shape index (κ1) is 12.2. The van der Waals surface area contributed by atoms with Crippen molar-refractivity contribution in [3.8, 4) is 11.5 Å². The lowest BCUT2D eigenvalue weighted by molar-refractivity contribution is 0.202. The summed E-state index contributed by atoms with van der Waals surface area (Å²) in [6.07, 6.45) is -1.00. The molecule has 1 amide bonds. The zero-order chi connectivity index (χ0) is 12.1. The first-order valence-corrected chi connectivity index (χ1v) is 4.86. The normalized spacial score (nSPS) is 9.69. The maximum atomic E-state index is 11.0. The molecule has 1 aromatic rings. The van der Waals surface area contributed by atoms with E-state index < -0.39 is 6.09 Å². The number of ether oxygens (including phenoxy) is 2. The van der Waals surface area contributed by atoms with Crippen LogP contribution in [0.3, 0.4) is 0 Å². The van der Waals surface area contributed by atoms with Gasteiger partial charge in [0.1, 0.15) is 11.5 Å². The smallest absolute Gasteiger partial charge is 0.411 e. The van der Waals surface area contributed by atoms with E-state index in [2.05, 4.69) is 0 Å². The molecule has 0 spiro atoms. The van der Waals surface area contributed by atoms with E-state index in [4.69, 9.17) is 14.6 Å². The van der Waals surface area contributed by atoms with Crippen LogP contribution in [0.2, 0.25) is 0 Å². The molecule has 0 aliphatic heterocycles. The number of amides is 1. The third-order valence-electron chi connectivity index (χ3n) is 2.20. The molecule has 0 unspecified atom stereocenters. The standard InChI is InChI=1S/C11H15NO4/c1-4-12(11(13)14)8-5-9(15-2)7-10(6-8)16-3/h5-7H,4H2,1-3H3,(H,13,14). The minimum Gasteiger partial charge on any atom is -0.497 e. The number of nitrogens with zero attached hydrogens (tertiary/aromatic N) is 1. The van der Waals surface area contributed by atoms with Crippen LogP contribution in [0.15, 0.2) is 18.2 Å². The molecule has 16 heavy (non-hydrogen) atoms. The lowest BCUT2D eigenvalue weighted by Gasteiger charge is -2.18. The van der Waals surface area contributed by atoms with Crippen molar-refractivity contribution in [1.82, 2.24) is 0 Å². The van der Waals surface area contributed by atoms with Gasteiger partial charge in [0.2, 0.25) is 0 Å². The van der Waals surface area contributed by atoms with Crippen molar-refractivity contribution in [3.63, 3.8) is 0 Å². The Hall–Kier alpha value is -1.91. The fourth-order valence-corrected chi connectivity index (χ4v) is 1.38. The zero-order valence-corrected chi connectivity index (χ0v) is 9.56. The average Bonchev–Trinajstić information content (AvgIpc) is 2.29. The fourth-order valence-electron chi connectivity index (χ4n) is 1.38. The van der Waals surface area contributed by atoms with Crippen molar-refractivity contribution in [2.45, 2.75) is 6.92 Å². The molecule has 0 saturated heterocycles. The van der Waals surface area contributed by atoms with Crippen LogP contribution in [-0.2, 0) is 0 Å².